The maximum atomic E-state index is 11.6. The number of aryl methyl sites for hydroxylation is 3. The Hall–Kier alpha value is -2.09. The van der Waals surface area contributed by atoms with E-state index in [0.29, 0.717) is 0 Å². The molecule has 2 aromatic rings. The van der Waals surface area contributed by atoms with Gasteiger partial charge in [-0.3, -0.25) is 4.79 Å². The van der Waals surface area contributed by atoms with Crippen molar-refractivity contribution in [3.63, 3.8) is 0 Å². The normalized spacial score (nSPS) is 10.4. The predicted molar refractivity (Wildman–Crippen MR) is 81.8 cm³/mol. The zero-order valence-electron chi connectivity index (χ0n) is 12.5. The van der Waals surface area contributed by atoms with E-state index in [2.05, 4.69) is 19.1 Å². The van der Waals surface area contributed by atoms with E-state index >= 15 is 0 Å². The van der Waals surface area contributed by atoms with E-state index in [9.17, 15) is 4.79 Å². The average molecular weight is 268 g/mol. The van der Waals surface area contributed by atoms with Crippen LogP contribution in [-0.2, 0) is 6.42 Å². The van der Waals surface area contributed by atoms with Crippen LogP contribution in [0.4, 0.5) is 0 Å². The van der Waals surface area contributed by atoms with Gasteiger partial charge in [0.1, 0.15) is 11.5 Å². The Balaban J connectivity index is 2.27. The maximum Gasteiger partial charge on any atom is 0.160 e. The summed E-state index contributed by atoms with van der Waals surface area (Å²) in [6.45, 7) is 7.61. The molecular weight excluding hydrogens is 248 g/mol. The summed E-state index contributed by atoms with van der Waals surface area (Å²) in [6.07, 6.45) is 1.02. The van der Waals surface area contributed by atoms with Crippen LogP contribution >= 0.6 is 0 Å². The molecule has 0 fully saturated rings. The van der Waals surface area contributed by atoms with Gasteiger partial charge in [0.15, 0.2) is 5.78 Å². The highest BCUT2D eigenvalue weighted by atomic mass is 16.5. The van der Waals surface area contributed by atoms with Crippen LogP contribution in [-0.4, -0.2) is 5.78 Å². The lowest BCUT2D eigenvalue weighted by atomic mass is 9.99. The number of Topliss-reactive ketones (excluding diaryl/α,β-unsaturated/α-hetero) is 1. The van der Waals surface area contributed by atoms with E-state index in [-0.39, 0.29) is 5.78 Å². The molecule has 104 valence electrons. The molecule has 0 spiro atoms. The van der Waals surface area contributed by atoms with Gasteiger partial charge in [-0.25, -0.2) is 0 Å². The fourth-order valence-electron chi connectivity index (χ4n) is 2.47. The van der Waals surface area contributed by atoms with Gasteiger partial charge in [0.05, 0.1) is 0 Å². The van der Waals surface area contributed by atoms with Crippen molar-refractivity contribution in [2.24, 2.45) is 0 Å². The summed E-state index contributed by atoms with van der Waals surface area (Å²) in [4.78, 5) is 11.6. The Bertz CT molecular complexity index is 601. The van der Waals surface area contributed by atoms with E-state index in [4.69, 9.17) is 4.74 Å². The highest BCUT2D eigenvalue weighted by Gasteiger charge is 2.10. The summed E-state index contributed by atoms with van der Waals surface area (Å²) in [5.74, 6) is 1.68. The Morgan fingerprint density at radius 3 is 2.00 bits per heavy atom. The van der Waals surface area contributed by atoms with Crippen LogP contribution in [0.5, 0.6) is 11.5 Å². The molecule has 20 heavy (non-hydrogen) atoms. The van der Waals surface area contributed by atoms with Gasteiger partial charge in [-0.1, -0.05) is 19.1 Å². The zero-order chi connectivity index (χ0) is 14.7. The van der Waals surface area contributed by atoms with Gasteiger partial charge in [-0.15, -0.1) is 0 Å². The van der Waals surface area contributed by atoms with Crippen molar-refractivity contribution in [2.45, 2.75) is 34.1 Å². The lowest BCUT2D eigenvalue weighted by Gasteiger charge is -2.11. The molecule has 2 aromatic carbocycles. The Morgan fingerprint density at radius 2 is 1.55 bits per heavy atom. The smallest absolute Gasteiger partial charge is 0.160 e. The Labute approximate surface area is 120 Å². The van der Waals surface area contributed by atoms with Gasteiger partial charge < -0.3 is 4.74 Å². The summed E-state index contributed by atoms with van der Waals surface area (Å²) in [7, 11) is 0. The number of carbonyl (C=O) groups is 1. The van der Waals surface area contributed by atoms with Gasteiger partial charge in [-0.2, -0.15) is 0 Å². The molecule has 0 amide bonds. The fourth-order valence-corrected chi connectivity index (χ4v) is 2.47. The highest BCUT2D eigenvalue weighted by molar-refractivity contribution is 5.97. The van der Waals surface area contributed by atoms with Crippen LogP contribution in [0.25, 0.3) is 0 Å². The zero-order valence-corrected chi connectivity index (χ0v) is 12.5. The van der Waals surface area contributed by atoms with Gasteiger partial charge in [0.25, 0.3) is 0 Å². The third kappa shape index (κ3) is 3.08. The number of ketones is 1. The van der Waals surface area contributed by atoms with Crippen molar-refractivity contribution in [1.29, 1.82) is 0 Å². The quantitative estimate of drug-likeness (QED) is 0.740. The van der Waals surface area contributed by atoms with E-state index in [1.54, 1.807) is 6.92 Å². The summed E-state index contributed by atoms with van der Waals surface area (Å²) < 4.78 is 5.86. The lowest BCUT2D eigenvalue weighted by molar-refractivity contribution is 0.101. The van der Waals surface area contributed by atoms with Crippen molar-refractivity contribution in [3.05, 3.63) is 58.7 Å². The molecule has 2 nitrogen and oxygen atoms in total. The maximum absolute atomic E-state index is 11.6. The van der Waals surface area contributed by atoms with E-state index < -0.39 is 0 Å². The predicted octanol–water partition coefficient (Wildman–Crippen LogP) is 4.86. The summed E-state index contributed by atoms with van der Waals surface area (Å²) in [5.41, 5.74) is 3.99. The van der Waals surface area contributed by atoms with Gasteiger partial charge in [0.2, 0.25) is 0 Å². The first kappa shape index (κ1) is 14.3. The number of ether oxygens (including phenoxy) is 1. The first-order valence-corrected chi connectivity index (χ1v) is 6.90. The molecule has 0 saturated heterocycles. The van der Waals surface area contributed by atoms with Crippen LogP contribution in [0, 0.1) is 13.8 Å². The van der Waals surface area contributed by atoms with Crippen LogP contribution in [0.3, 0.4) is 0 Å². The Kier molecular flexibility index (Phi) is 4.23. The summed E-state index contributed by atoms with van der Waals surface area (Å²) in [6, 6.07) is 11.9. The third-order valence-corrected chi connectivity index (χ3v) is 3.43. The average Bonchev–Trinajstić information content (AvgIpc) is 2.38. The van der Waals surface area contributed by atoms with Gasteiger partial charge in [0, 0.05) is 5.56 Å². The van der Waals surface area contributed by atoms with Crippen molar-refractivity contribution in [2.75, 3.05) is 0 Å². The second-order valence-electron chi connectivity index (χ2n) is 5.09. The first-order valence-electron chi connectivity index (χ1n) is 6.90. The second-order valence-corrected chi connectivity index (χ2v) is 5.09. The molecule has 0 saturated carbocycles. The van der Waals surface area contributed by atoms with Crippen LogP contribution < -0.4 is 4.74 Å². The minimum absolute atomic E-state index is 0.0962. The van der Waals surface area contributed by atoms with Crippen molar-refractivity contribution >= 4 is 5.78 Å². The number of rotatable bonds is 4. The van der Waals surface area contributed by atoms with Crippen LogP contribution in [0.15, 0.2) is 36.4 Å². The monoisotopic (exact) mass is 268 g/mol. The molecule has 0 aromatic heterocycles. The highest BCUT2D eigenvalue weighted by Crippen LogP contribution is 2.27. The first-order chi connectivity index (χ1) is 9.51. The standard InChI is InChI=1S/C18H20O2/c1-5-15-6-8-16(9-7-15)20-17-10-12(2)18(14(4)19)13(3)11-17/h6-11H,5H2,1-4H3. The van der Waals surface area contributed by atoms with E-state index in [1.165, 1.54) is 5.56 Å². The third-order valence-electron chi connectivity index (χ3n) is 3.43. The van der Waals surface area contributed by atoms with Crippen molar-refractivity contribution in [1.82, 2.24) is 0 Å². The van der Waals surface area contributed by atoms with Crippen LogP contribution in [0.2, 0.25) is 0 Å². The molecule has 0 unspecified atom stereocenters. The topological polar surface area (TPSA) is 26.3 Å². The lowest BCUT2D eigenvalue weighted by Crippen LogP contribution is -2.00. The minimum Gasteiger partial charge on any atom is -0.457 e. The van der Waals surface area contributed by atoms with Crippen molar-refractivity contribution in [3.8, 4) is 11.5 Å². The molecule has 0 bridgehead atoms. The fraction of sp³-hybridized carbons (Fsp3) is 0.278. The van der Waals surface area contributed by atoms with Gasteiger partial charge >= 0.3 is 0 Å². The van der Waals surface area contributed by atoms with Gasteiger partial charge in [-0.05, 0) is 68.1 Å². The number of carbonyl (C=O) groups excluding carboxylic acids is 1. The van der Waals surface area contributed by atoms with E-state index in [1.807, 2.05) is 38.1 Å². The van der Waals surface area contributed by atoms with Crippen LogP contribution in [0.1, 0.15) is 40.9 Å². The molecule has 0 aliphatic heterocycles. The number of hydrogen-bond acceptors (Lipinski definition) is 2. The molecule has 2 heteroatoms. The SMILES string of the molecule is CCc1ccc(Oc2cc(C)c(C(C)=O)c(C)c2)cc1. The molecule has 2 rings (SSSR count). The largest absolute Gasteiger partial charge is 0.457 e. The molecule has 0 radical (unpaired) electrons. The molecule has 0 heterocycles. The molecule has 0 atom stereocenters. The van der Waals surface area contributed by atoms with E-state index in [0.717, 1.165) is 34.6 Å². The Morgan fingerprint density at radius 1 is 1.00 bits per heavy atom. The molecule has 0 N–H and O–H groups in total. The molecule has 0 aliphatic carbocycles. The molecular formula is C18H20O2. The number of benzene rings is 2. The second kappa shape index (κ2) is 5.91. The summed E-state index contributed by atoms with van der Waals surface area (Å²) >= 11 is 0. The number of hydrogen-bond donors (Lipinski definition) is 0. The summed E-state index contributed by atoms with van der Waals surface area (Å²) in [5, 5.41) is 0. The van der Waals surface area contributed by atoms with Crippen molar-refractivity contribution < 1.29 is 9.53 Å². The molecule has 0 aliphatic rings. The minimum atomic E-state index is 0.0962.